The summed E-state index contributed by atoms with van der Waals surface area (Å²) in [5.41, 5.74) is 1.01. The van der Waals surface area contributed by atoms with E-state index in [0.29, 0.717) is 12.5 Å². The van der Waals surface area contributed by atoms with Crippen LogP contribution in [0.1, 0.15) is 38.3 Å². The average Bonchev–Trinajstić information content (AvgIpc) is 2.87. The fourth-order valence-electron chi connectivity index (χ4n) is 3.57. The smallest absolute Gasteiger partial charge is 0.241 e. The lowest BCUT2D eigenvalue weighted by molar-refractivity contribution is -0.145. The van der Waals surface area contributed by atoms with Crippen molar-refractivity contribution in [3.05, 3.63) is 18.1 Å². The Hall–Kier alpha value is -2.18. The topological polar surface area (TPSA) is 69.6 Å². The summed E-state index contributed by atoms with van der Waals surface area (Å²) in [5, 5.41) is 0. The largest absolute Gasteiger partial charge is 0.354 e. The first-order chi connectivity index (χ1) is 11.9. The molecule has 25 heavy (non-hydrogen) atoms. The van der Waals surface area contributed by atoms with Crippen molar-refractivity contribution in [3.63, 3.8) is 0 Å². The van der Waals surface area contributed by atoms with Crippen LogP contribution in [0.3, 0.4) is 0 Å². The Morgan fingerprint density at radius 3 is 2.72 bits per heavy atom. The summed E-state index contributed by atoms with van der Waals surface area (Å²) in [5.74, 6) is 1.22. The molecule has 2 atom stereocenters. The highest BCUT2D eigenvalue weighted by atomic mass is 16.2. The number of rotatable bonds is 4. The minimum atomic E-state index is -0.0637. The van der Waals surface area contributed by atoms with Gasteiger partial charge in [-0.2, -0.15) is 0 Å². The molecule has 1 aromatic heterocycles. The molecule has 0 N–H and O–H groups in total. The second kappa shape index (κ2) is 6.98. The van der Waals surface area contributed by atoms with E-state index >= 15 is 0 Å². The number of likely N-dealkylation sites (N-methyl/N-ethyl adjacent to an activating group) is 1. The fourth-order valence-corrected chi connectivity index (χ4v) is 3.57. The molecule has 2 bridgehead atoms. The predicted molar refractivity (Wildman–Crippen MR) is 95.3 cm³/mol. The van der Waals surface area contributed by atoms with Crippen LogP contribution in [0.4, 0.5) is 5.82 Å². The van der Waals surface area contributed by atoms with Crippen molar-refractivity contribution >= 4 is 17.6 Å². The molecular formula is C18H27N5O2. The summed E-state index contributed by atoms with van der Waals surface area (Å²) in [6.45, 7) is 5.77. The van der Waals surface area contributed by atoms with Crippen LogP contribution in [0.15, 0.2) is 12.4 Å². The third-order valence-electron chi connectivity index (χ3n) is 5.19. The zero-order valence-electron chi connectivity index (χ0n) is 15.5. The molecule has 2 amide bonds. The number of hydrogen-bond acceptors (Lipinski definition) is 5. The lowest BCUT2D eigenvalue weighted by Crippen LogP contribution is -2.51. The van der Waals surface area contributed by atoms with E-state index < -0.39 is 0 Å². The van der Waals surface area contributed by atoms with E-state index in [-0.39, 0.29) is 30.3 Å². The maximum Gasteiger partial charge on any atom is 0.241 e. The third-order valence-corrected chi connectivity index (χ3v) is 5.19. The first kappa shape index (κ1) is 17.6. The molecule has 0 saturated carbocycles. The van der Waals surface area contributed by atoms with Crippen molar-refractivity contribution in [2.24, 2.45) is 5.92 Å². The number of fused-ring (bicyclic) bond motifs is 4. The van der Waals surface area contributed by atoms with Gasteiger partial charge in [-0.1, -0.05) is 13.8 Å². The average molecular weight is 345 g/mol. The maximum atomic E-state index is 12.8. The molecule has 0 aromatic carbocycles. The van der Waals surface area contributed by atoms with E-state index in [1.807, 2.05) is 6.07 Å². The quantitative estimate of drug-likeness (QED) is 0.818. The van der Waals surface area contributed by atoms with Gasteiger partial charge in [0, 0.05) is 45.0 Å². The number of aromatic nitrogens is 2. The Labute approximate surface area is 149 Å². The maximum absolute atomic E-state index is 12.8. The van der Waals surface area contributed by atoms with Gasteiger partial charge < -0.3 is 14.7 Å². The van der Waals surface area contributed by atoms with Gasteiger partial charge in [0.15, 0.2) is 0 Å². The predicted octanol–water partition coefficient (Wildman–Crippen LogP) is 1.12. The molecule has 1 aromatic rings. The van der Waals surface area contributed by atoms with Crippen LogP contribution < -0.4 is 4.90 Å². The van der Waals surface area contributed by atoms with Crippen LogP contribution in [0.25, 0.3) is 0 Å². The number of amides is 2. The molecule has 3 fully saturated rings. The Kier molecular flexibility index (Phi) is 4.92. The number of carbonyl (C=O) groups excluding carboxylic acids is 2. The molecular weight excluding hydrogens is 318 g/mol. The number of carbonyl (C=O) groups is 2. The molecule has 0 spiro atoms. The molecule has 4 rings (SSSR count). The Morgan fingerprint density at radius 1 is 1.28 bits per heavy atom. The molecule has 3 saturated heterocycles. The zero-order valence-corrected chi connectivity index (χ0v) is 15.5. The molecule has 7 heteroatoms. The zero-order chi connectivity index (χ0) is 18.1. The van der Waals surface area contributed by atoms with Crippen molar-refractivity contribution in [1.82, 2.24) is 19.8 Å². The number of hydrogen-bond donors (Lipinski definition) is 0. The summed E-state index contributed by atoms with van der Waals surface area (Å²) in [6, 6.07) is 2.09. The van der Waals surface area contributed by atoms with Gasteiger partial charge in [0.2, 0.25) is 11.8 Å². The van der Waals surface area contributed by atoms with Crippen LogP contribution in [0, 0.1) is 5.92 Å². The van der Waals surface area contributed by atoms with E-state index in [1.54, 1.807) is 30.2 Å². The molecule has 7 nitrogen and oxygen atoms in total. The standard InChI is InChI=1S/C18H27N5O2/c1-12(2)15-7-16(20-11-19-15)22-8-13-5-6-14(9-22)23(18(13)25)10-17(24)21(3)4/h7,11-14H,5-6,8-10H2,1-4H3. The fraction of sp³-hybridized carbons (Fsp3) is 0.667. The van der Waals surface area contributed by atoms with Gasteiger partial charge in [-0.15, -0.1) is 0 Å². The lowest BCUT2D eigenvalue weighted by atomic mass is 9.94. The lowest BCUT2D eigenvalue weighted by Gasteiger charge is -2.35. The molecule has 2 unspecified atom stereocenters. The molecule has 3 aliphatic heterocycles. The monoisotopic (exact) mass is 345 g/mol. The van der Waals surface area contributed by atoms with Crippen LogP contribution in [-0.2, 0) is 9.59 Å². The van der Waals surface area contributed by atoms with Crippen LogP contribution in [-0.4, -0.2) is 71.4 Å². The first-order valence-electron chi connectivity index (χ1n) is 8.94. The summed E-state index contributed by atoms with van der Waals surface area (Å²) < 4.78 is 0. The first-order valence-corrected chi connectivity index (χ1v) is 8.94. The van der Waals surface area contributed by atoms with Crippen molar-refractivity contribution in [1.29, 1.82) is 0 Å². The molecule has 3 aliphatic rings. The Bertz CT molecular complexity index is 661. The Balaban J connectivity index is 1.82. The van der Waals surface area contributed by atoms with Crippen molar-refractivity contribution in [2.75, 3.05) is 38.6 Å². The normalized spacial score (nSPS) is 23.2. The highest BCUT2D eigenvalue weighted by Gasteiger charge is 2.41. The van der Waals surface area contributed by atoms with E-state index in [2.05, 4.69) is 28.7 Å². The SMILES string of the molecule is CC(C)c1cc(N2CC3CCC(C2)N(CC(=O)N(C)C)C3=O)ncn1. The van der Waals surface area contributed by atoms with Gasteiger partial charge in [-0.3, -0.25) is 9.59 Å². The summed E-state index contributed by atoms with van der Waals surface area (Å²) >= 11 is 0. The minimum Gasteiger partial charge on any atom is -0.354 e. The summed E-state index contributed by atoms with van der Waals surface area (Å²) in [6.07, 6.45) is 3.43. The minimum absolute atomic E-state index is 0.0309. The van der Waals surface area contributed by atoms with E-state index in [1.165, 1.54) is 0 Å². The number of nitrogens with zero attached hydrogens (tertiary/aromatic N) is 5. The highest BCUT2D eigenvalue weighted by molar-refractivity contribution is 5.87. The summed E-state index contributed by atoms with van der Waals surface area (Å²) in [7, 11) is 3.45. The third kappa shape index (κ3) is 3.60. The highest BCUT2D eigenvalue weighted by Crippen LogP contribution is 2.31. The van der Waals surface area contributed by atoms with Gasteiger partial charge >= 0.3 is 0 Å². The summed E-state index contributed by atoms with van der Waals surface area (Å²) in [4.78, 5) is 39.2. The van der Waals surface area contributed by atoms with E-state index in [9.17, 15) is 9.59 Å². The van der Waals surface area contributed by atoms with Crippen molar-refractivity contribution < 1.29 is 9.59 Å². The number of piperidine rings is 1. The van der Waals surface area contributed by atoms with Crippen LogP contribution >= 0.6 is 0 Å². The van der Waals surface area contributed by atoms with Crippen LogP contribution in [0.5, 0.6) is 0 Å². The molecule has 4 heterocycles. The second-order valence-electron chi connectivity index (χ2n) is 7.54. The Morgan fingerprint density at radius 2 is 2.04 bits per heavy atom. The van der Waals surface area contributed by atoms with Crippen molar-refractivity contribution in [2.45, 2.75) is 38.6 Å². The molecule has 136 valence electrons. The molecule has 0 aliphatic carbocycles. The second-order valence-corrected chi connectivity index (χ2v) is 7.54. The van der Waals surface area contributed by atoms with E-state index in [0.717, 1.165) is 30.9 Å². The van der Waals surface area contributed by atoms with Gasteiger partial charge in [0.1, 0.15) is 18.7 Å². The van der Waals surface area contributed by atoms with E-state index in [4.69, 9.17) is 0 Å². The van der Waals surface area contributed by atoms with Gasteiger partial charge in [0.25, 0.3) is 0 Å². The van der Waals surface area contributed by atoms with Crippen molar-refractivity contribution in [3.8, 4) is 0 Å². The van der Waals surface area contributed by atoms with Crippen LogP contribution in [0.2, 0.25) is 0 Å². The van der Waals surface area contributed by atoms with Gasteiger partial charge in [0.05, 0.1) is 5.92 Å². The number of anilines is 1. The molecule has 0 radical (unpaired) electrons. The van der Waals surface area contributed by atoms with Gasteiger partial charge in [-0.05, 0) is 18.8 Å². The van der Waals surface area contributed by atoms with Gasteiger partial charge in [-0.25, -0.2) is 9.97 Å².